The van der Waals surface area contributed by atoms with E-state index in [2.05, 4.69) is 17.1 Å². The standard InChI is InChI=1S/C20H31N3O2/c1-4-5-6-20(25)23-13-11-22(12-14-23)18-9-7-17(8-10-18)21-19(24)15-16(2)3/h7-10,16H,4-6,11-15H2,1-3H3,(H,21,24). The van der Waals surface area contributed by atoms with E-state index in [9.17, 15) is 9.59 Å². The maximum absolute atomic E-state index is 12.1. The highest BCUT2D eigenvalue weighted by Crippen LogP contribution is 2.20. The number of piperazine rings is 1. The summed E-state index contributed by atoms with van der Waals surface area (Å²) in [5.41, 5.74) is 1.98. The predicted molar refractivity (Wildman–Crippen MR) is 103 cm³/mol. The zero-order valence-electron chi connectivity index (χ0n) is 15.8. The van der Waals surface area contributed by atoms with Gasteiger partial charge >= 0.3 is 0 Å². The maximum Gasteiger partial charge on any atom is 0.224 e. The monoisotopic (exact) mass is 345 g/mol. The van der Waals surface area contributed by atoms with Gasteiger partial charge in [0.1, 0.15) is 0 Å². The number of anilines is 2. The van der Waals surface area contributed by atoms with Crippen molar-refractivity contribution in [2.45, 2.75) is 46.5 Å². The number of nitrogens with one attached hydrogen (secondary N) is 1. The summed E-state index contributed by atoms with van der Waals surface area (Å²) in [4.78, 5) is 28.2. The van der Waals surface area contributed by atoms with Gasteiger partial charge in [-0.3, -0.25) is 9.59 Å². The van der Waals surface area contributed by atoms with Crippen molar-refractivity contribution < 1.29 is 9.59 Å². The van der Waals surface area contributed by atoms with Gasteiger partial charge in [0.15, 0.2) is 0 Å². The number of amides is 2. The molecule has 0 aromatic heterocycles. The first-order chi connectivity index (χ1) is 12.0. The van der Waals surface area contributed by atoms with Gasteiger partial charge in [-0.1, -0.05) is 27.2 Å². The van der Waals surface area contributed by atoms with E-state index < -0.39 is 0 Å². The van der Waals surface area contributed by atoms with E-state index in [1.165, 1.54) is 0 Å². The third-order valence-corrected chi connectivity index (χ3v) is 4.49. The molecule has 0 bridgehead atoms. The Hall–Kier alpha value is -2.04. The fourth-order valence-electron chi connectivity index (χ4n) is 3.04. The Bertz CT molecular complexity index is 561. The molecule has 5 nitrogen and oxygen atoms in total. The SMILES string of the molecule is CCCCC(=O)N1CCN(c2ccc(NC(=O)CC(C)C)cc2)CC1. The van der Waals surface area contributed by atoms with Crippen LogP contribution in [-0.4, -0.2) is 42.9 Å². The van der Waals surface area contributed by atoms with Crippen LogP contribution in [0.1, 0.15) is 46.5 Å². The van der Waals surface area contributed by atoms with Gasteiger partial charge in [0.05, 0.1) is 0 Å². The van der Waals surface area contributed by atoms with Gasteiger partial charge in [-0.05, 0) is 36.6 Å². The first-order valence-electron chi connectivity index (χ1n) is 9.42. The molecule has 0 unspecified atom stereocenters. The lowest BCUT2D eigenvalue weighted by molar-refractivity contribution is -0.131. The third kappa shape index (κ3) is 6.07. The zero-order chi connectivity index (χ0) is 18.2. The fourth-order valence-corrected chi connectivity index (χ4v) is 3.04. The van der Waals surface area contributed by atoms with E-state index in [-0.39, 0.29) is 11.8 Å². The second-order valence-electron chi connectivity index (χ2n) is 7.16. The first kappa shape index (κ1) is 19.3. The number of hydrogen-bond acceptors (Lipinski definition) is 3. The molecule has 1 aromatic carbocycles. The van der Waals surface area contributed by atoms with Crippen molar-refractivity contribution >= 4 is 23.2 Å². The zero-order valence-corrected chi connectivity index (χ0v) is 15.8. The van der Waals surface area contributed by atoms with Gasteiger partial charge < -0.3 is 15.1 Å². The van der Waals surface area contributed by atoms with Gasteiger partial charge in [0, 0.05) is 50.4 Å². The molecule has 0 aliphatic carbocycles. The van der Waals surface area contributed by atoms with Crippen molar-refractivity contribution in [1.82, 2.24) is 4.90 Å². The Balaban J connectivity index is 1.83. The van der Waals surface area contributed by atoms with Crippen molar-refractivity contribution in [1.29, 1.82) is 0 Å². The third-order valence-electron chi connectivity index (χ3n) is 4.49. The molecule has 0 radical (unpaired) electrons. The number of nitrogens with zero attached hydrogens (tertiary/aromatic N) is 2. The summed E-state index contributed by atoms with van der Waals surface area (Å²) in [6.07, 6.45) is 3.24. The average molecular weight is 345 g/mol. The number of rotatable bonds is 7. The minimum atomic E-state index is 0.0574. The van der Waals surface area contributed by atoms with Crippen molar-refractivity contribution in [3.8, 4) is 0 Å². The molecule has 25 heavy (non-hydrogen) atoms. The fraction of sp³-hybridized carbons (Fsp3) is 0.600. The molecule has 2 rings (SSSR count). The summed E-state index contributed by atoms with van der Waals surface area (Å²) in [7, 11) is 0. The molecule has 1 fully saturated rings. The molecular formula is C20H31N3O2. The van der Waals surface area contributed by atoms with Crippen LogP contribution in [0.4, 0.5) is 11.4 Å². The molecule has 2 amide bonds. The minimum absolute atomic E-state index is 0.0574. The second kappa shape index (κ2) is 9.44. The highest BCUT2D eigenvalue weighted by Gasteiger charge is 2.20. The Labute approximate surface area is 151 Å². The van der Waals surface area contributed by atoms with E-state index in [1.807, 2.05) is 43.0 Å². The van der Waals surface area contributed by atoms with Crippen LogP contribution < -0.4 is 10.2 Å². The van der Waals surface area contributed by atoms with Gasteiger partial charge in [0.25, 0.3) is 0 Å². The Kier molecular flexibility index (Phi) is 7.29. The van der Waals surface area contributed by atoms with Crippen molar-refractivity contribution in [3.63, 3.8) is 0 Å². The quantitative estimate of drug-likeness (QED) is 0.823. The number of benzene rings is 1. The van der Waals surface area contributed by atoms with E-state index in [4.69, 9.17) is 0 Å². The van der Waals surface area contributed by atoms with E-state index in [0.29, 0.717) is 18.8 Å². The number of unbranched alkanes of at least 4 members (excludes halogenated alkanes) is 1. The first-order valence-corrected chi connectivity index (χ1v) is 9.42. The second-order valence-corrected chi connectivity index (χ2v) is 7.16. The van der Waals surface area contributed by atoms with Crippen molar-refractivity contribution in [2.75, 3.05) is 36.4 Å². The highest BCUT2D eigenvalue weighted by molar-refractivity contribution is 5.91. The summed E-state index contributed by atoms with van der Waals surface area (Å²) in [6, 6.07) is 7.98. The molecule has 0 atom stereocenters. The van der Waals surface area contributed by atoms with Crippen LogP contribution in [0, 0.1) is 5.92 Å². The molecule has 1 aliphatic rings. The van der Waals surface area contributed by atoms with Crippen LogP contribution in [0.2, 0.25) is 0 Å². The maximum atomic E-state index is 12.1. The Morgan fingerprint density at radius 1 is 1.08 bits per heavy atom. The molecule has 0 saturated carbocycles. The Morgan fingerprint density at radius 2 is 1.72 bits per heavy atom. The molecule has 1 N–H and O–H groups in total. The summed E-state index contributed by atoms with van der Waals surface area (Å²) in [6.45, 7) is 9.48. The van der Waals surface area contributed by atoms with Crippen LogP contribution in [0.5, 0.6) is 0 Å². The molecule has 138 valence electrons. The van der Waals surface area contributed by atoms with E-state index >= 15 is 0 Å². The van der Waals surface area contributed by atoms with E-state index in [0.717, 1.165) is 50.4 Å². The lowest BCUT2D eigenvalue weighted by Gasteiger charge is -2.36. The summed E-state index contributed by atoms with van der Waals surface area (Å²) >= 11 is 0. The van der Waals surface area contributed by atoms with Gasteiger partial charge in [-0.25, -0.2) is 0 Å². The normalized spacial score (nSPS) is 14.7. The minimum Gasteiger partial charge on any atom is -0.368 e. The van der Waals surface area contributed by atoms with Crippen molar-refractivity contribution in [2.24, 2.45) is 5.92 Å². The largest absolute Gasteiger partial charge is 0.368 e. The molecule has 5 heteroatoms. The van der Waals surface area contributed by atoms with Crippen LogP contribution >= 0.6 is 0 Å². The van der Waals surface area contributed by atoms with Gasteiger partial charge in [-0.15, -0.1) is 0 Å². The van der Waals surface area contributed by atoms with Crippen molar-refractivity contribution in [3.05, 3.63) is 24.3 Å². The molecule has 1 aromatic rings. The molecule has 1 saturated heterocycles. The summed E-state index contributed by atoms with van der Waals surface area (Å²) in [5, 5.41) is 2.93. The smallest absolute Gasteiger partial charge is 0.224 e. The van der Waals surface area contributed by atoms with Gasteiger partial charge in [0.2, 0.25) is 11.8 Å². The van der Waals surface area contributed by atoms with E-state index in [1.54, 1.807) is 0 Å². The van der Waals surface area contributed by atoms with Crippen LogP contribution in [0.25, 0.3) is 0 Å². The number of hydrogen-bond donors (Lipinski definition) is 1. The Morgan fingerprint density at radius 3 is 2.28 bits per heavy atom. The predicted octanol–water partition coefficient (Wildman–Crippen LogP) is 3.51. The lowest BCUT2D eigenvalue weighted by Crippen LogP contribution is -2.48. The van der Waals surface area contributed by atoms with Crippen LogP contribution in [-0.2, 0) is 9.59 Å². The molecule has 1 heterocycles. The molecule has 0 spiro atoms. The highest BCUT2D eigenvalue weighted by atomic mass is 16.2. The summed E-state index contributed by atoms with van der Waals surface area (Å²) in [5.74, 6) is 0.697. The number of carbonyl (C=O) groups is 2. The number of carbonyl (C=O) groups excluding carboxylic acids is 2. The molecule has 1 aliphatic heterocycles. The van der Waals surface area contributed by atoms with Crippen LogP contribution in [0.15, 0.2) is 24.3 Å². The topological polar surface area (TPSA) is 52.7 Å². The average Bonchev–Trinajstić information content (AvgIpc) is 2.59. The lowest BCUT2D eigenvalue weighted by atomic mass is 10.1. The summed E-state index contributed by atoms with van der Waals surface area (Å²) < 4.78 is 0. The van der Waals surface area contributed by atoms with Crippen LogP contribution in [0.3, 0.4) is 0 Å². The van der Waals surface area contributed by atoms with Gasteiger partial charge in [-0.2, -0.15) is 0 Å². The molecular weight excluding hydrogens is 314 g/mol.